The number of allylic oxidation sites excluding steroid dienone is 1. The first-order chi connectivity index (χ1) is 17.5. The summed E-state index contributed by atoms with van der Waals surface area (Å²) in [5, 5.41) is 4.50. The number of hydrogen-bond acceptors (Lipinski definition) is 2. The van der Waals surface area contributed by atoms with E-state index in [4.69, 9.17) is 4.74 Å². The summed E-state index contributed by atoms with van der Waals surface area (Å²) in [4.78, 5) is 16.7. The van der Waals surface area contributed by atoms with E-state index in [9.17, 15) is 4.79 Å². The van der Waals surface area contributed by atoms with Gasteiger partial charge in [0, 0.05) is 23.5 Å². The van der Waals surface area contributed by atoms with Crippen molar-refractivity contribution in [2.45, 2.75) is 69.9 Å². The molecule has 1 aromatic heterocycles. The number of ether oxygens (including phenoxy) is 1. The molecule has 36 heavy (non-hydrogen) atoms. The van der Waals surface area contributed by atoms with Crippen molar-refractivity contribution < 1.29 is 9.53 Å². The van der Waals surface area contributed by atoms with Crippen molar-refractivity contribution in [3.05, 3.63) is 84.1 Å². The molecule has 0 spiro atoms. The van der Waals surface area contributed by atoms with Crippen molar-refractivity contribution in [3.63, 3.8) is 0 Å². The number of para-hydroxylation sites is 1. The van der Waals surface area contributed by atoms with Gasteiger partial charge in [-0.15, -0.1) is 0 Å². The molecule has 4 heteroatoms. The van der Waals surface area contributed by atoms with Crippen molar-refractivity contribution in [2.24, 2.45) is 23.7 Å². The van der Waals surface area contributed by atoms with Gasteiger partial charge in [0.25, 0.3) is 0 Å². The SMILES string of the molecule is C[C@](/C=C\CCc1ccccc1)(Cc1c[nH]c2ccccc12)NC(=O)OC1C2CC3CC(C2)CC1C3. The number of fused-ring (bicyclic) bond motifs is 1. The summed E-state index contributed by atoms with van der Waals surface area (Å²) >= 11 is 0. The molecule has 0 aliphatic heterocycles. The second-order valence-corrected chi connectivity index (χ2v) is 11.8. The normalized spacial score (nSPS) is 28.4. The average Bonchev–Trinajstić information content (AvgIpc) is 3.27. The third kappa shape index (κ3) is 4.96. The number of hydrogen-bond donors (Lipinski definition) is 2. The summed E-state index contributed by atoms with van der Waals surface area (Å²) in [5.74, 6) is 2.87. The summed E-state index contributed by atoms with van der Waals surface area (Å²) in [6, 6.07) is 18.9. The second-order valence-electron chi connectivity index (χ2n) is 11.8. The molecule has 4 aliphatic rings. The quantitative estimate of drug-likeness (QED) is 0.333. The van der Waals surface area contributed by atoms with Crippen molar-refractivity contribution in [1.82, 2.24) is 10.3 Å². The van der Waals surface area contributed by atoms with Crippen LogP contribution in [0.4, 0.5) is 4.79 Å². The lowest BCUT2D eigenvalue weighted by Gasteiger charge is -2.53. The second kappa shape index (κ2) is 9.80. The van der Waals surface area contributed by atoms with Gasteiger partial charge in [-0.05, 0) is 92.7 Å². The van der Waals surface area contributed by atoms with E-state index < -0.39 is 5.54 Å². The Kier molecular flexibility index (Phi) is 6.37. The van der Waals surface area contributed by atoms with Crippen LogP contribution in [0.1, 0.15) is 56.6 Å². The monoisotopic (exact) mass is 482 g/mol. The molecule has 2 N–H and O–H groups in total. The Hall–Kier alpha value is -3.01. The third-order valence-corrected chi connectivity index (χ3v) is 8.93. The summed E-state index contributed by atoms with van der Waals surface area (Å²) in [6.45, 7) is 2.12. The molecule has 3 aromatic rings. The molecular formula is C32H38N2O2. The number of nitrogens with one attached hydrogen (secondary N) is 2. The van der Waals surface area contributed by atoms with Gasteiger partial charge in [-0.25, -0.2) is 4.79 Å². The highest BCUT2D eigenvalue weighted by Crippen LogP contribution is 2.54. The number of aromatic nitrogens is 1. The number of aryl methyl sites for hydroxylation is 1. The fraction of sp³-hybridized carbons (Fsp3) is 0.469. The zero-order valence-electron chi connectivity index (χ0n) is 21.3. The summed E-state index contributed by atoms with van der Waals surface area (Å²) < 4.78 is 6.21. The Morgan fingerprint density at radius 1 is 1.00 bits per heavy atom. The van der Waals surface area contributed by atoms with Gasteiger partial charge in [0.05, 0.1) is 5.54 Å². The minimum atomic E-state index is -0.537. The van der Waals surface area contributed by atoms with Crippen molar-refractivity contribution in [3.8, 4) is 0 Å². The van der Waals surface area contributed by atoms with Gasteiger partial charge in [0.15, 0.2) is 0 Å². The van der Waals surface area contributed by atoms with E-state index in [2.05, 4.69) is 84.1 Å². The molecule has 4 bridgehead atoms. The van der Waals surface area contributed by atoms with Gasteiger partial charge in [-0.2, -0.15) is 0 Å². The number of H-pyrrole nitrogens is 1. The molecule has 7 rings (SSSR count). The Bertz CT molecular complexity index is 1200. The van der Waals surface area contributed by atoms with Crippen LogP contribution < -0.4 is 5.32 Å². The van der Waals surface area contributed by atoms with Crippen LogP contribution in [0.25, 0.3) is 10.9 Å². The molecule has 4 fully saturated rings. The fourth-order valence-electron chi connectivity index (χ4n) is 7.51. The van der Waals surface area contributed by atoms with Crippen molar-refractivity contribution in [2.75, 3.05) is 0 Å². The molecule has 188 valence electrons. The zero-order chi connectivity index (χ0) is 24.5. The van der Waals surface area contributed by atoms with Gasteiger partial charge >= 0.3 is 6.09 Å². The fourth-order valence-corrected chi connectivity index (χ4v) is 7.51. The van der Waals surface area contributed by atoms with Crippen LogP contribution in [0.2, 0.25) is 0 Å². The van der Waals surface area contributed by atoms with Crippen molar-refractivity contribution >= 4 is 17.0 Å². The molecule has 0 unspecified atom stereocenters. The Morgan fingerprint density at radius 3 is 2.44 bits per heavy atom. The maximum Gasteiger partial charge on any atom is 0.408 e. The van der Waals surface area contributed by atoms with Gasteiger partial charge < -0.3 is 15.0 Å². The third-order valence-electron chi connectivity index (χ3n) is 8.93. The summed E-state index contributed by atoms with van der Waals surface area (Å²) in [5.41, 5.74) is 3.12. The first-order valence-corrected chi connectivity index (χ1v) is 13.8. The lowest BCUT2D eigenvalue weighted by molar-refractivity contribution is -0.0968. The van der Waals surface area contributed by atoms with E-state index in [1.54, 1.807) is 0 Å². The summed E-state index contributed by atoms with van der Waals surface area (Å²) in [6.07, 6.45) is 15.3. The molecule has 1 atom stereocenters. The van der Waals surface area contributed by atoms with Crippen LogP contribution in [-0.4, -0.2) is 22.7 Å². The minimum Gasteiger partial charge on any atom is -0.446 e. The summed E-state index contributed by atoms with van der Waals surface area (Å²) in [7, 11) is 0. The van der Waals surface area contributed by atoms with Crippen molar-refractivity contribution in [1.29, 1.82) is 0 Å². The first kappa shape index (κ1) is 23.4. The smallest absolute Gasteiger partial charge is 0.408 e. The standard InChI is InChI=1S/C32H38N2O2/c1-32(14-8-7-11-22-9-3-2-4-10-22,20-27-21-33-29-13-6-5-12-28(27)29)34-31(35)36-30-25-16-23-15-24(18-25)19-26(30)17-23/h2-6,8-10,12-14,21,23-26,30,33H,7,11,15-20H2,1H3,(H,34,35)/b14-8-/t23?,24?,25?,26?,30?,32-/m0/s1. The number of aromatic amines is 1. The van der Waals surface area contributed by atoms with Gasteiger partial charge in [-0.3, -0.25) is 0 Å². The highest BCUT2D eigenvalue weighted by Gasteiger charge is 2.50. The topological polar surface area (TPSA) is 54.1 Å². The lowest BCUT2D eigenvalue weighted by atomic mass is 9.55. The molecule has 1 amide bonds. The molecule has 4 nitrogen and oxygen atoms in total. The maximum absolute atomic E-state index is 13.3. The number of benzene rings is 2. The van der Waals surface area contributed by atoms with E-state index >= 15 is 0 Å². The highest BCUT2D eigenvalue weighted by molar-refractivity contribution is 5.83. The molecule has 2 aromatic carbocycles. The number of carbonyl (C=O) groups excluding carboxylic acids is 1. The van der Waals surface area contributed by atoms with Gasteiger partial charge in [0.1, 0.15) is 6.10 Å². The maximum atomic E-state index is 13.3. The van der Waals surface area contributed by atoms with Crippen LogP contribution >= 0.6 is 0 Å². The Labute approximate surface area is 214 Å². The Balaban J connectivity index is 1.17. The van der Waals surface area contributed by atoms with Crippen LogP contribution in [0, 0.1) is 23.7 Å². The van der Waals surface area contributed by atoms with E-state index in [-0.39, 0.29) is 12.2 Å². The van der Waals surface area contributed by atoms with Crippen LogP contribution in [0.15, 0.2) is 72.9 Å². The number of rotatable bonds is 8. The molecule has 1 heterocycles. The molecular weight excluding hydrogens is 444 g/mol. The molecule has 4 saturated carbocycles. The number of alkyl carbamates (subject to hydrolysis) is 1. The average molecular weight is 483 g/mol. The molecule has 4 aliphatic carbocycles. The minimum absolute atomic E-state index is 0.0946. The lowest BCUT2D eigenvalue weighted by Crippen LogP contribution is -2.53. The van der Waals surface area contributed by atoms with E-state index in [0.29, 0.717) is 18.3 Å². The van der Waals surface area contributed by atoms with Crippen LogP contribution in [-0.2, 0) is 17.6 Å². The Morgan fingerprint density at radius 2 is 1.69 bits per heavy atom. The first-order valence-electron chi connectivity index (χ1n) is 13.8. The van der Waals surface area contributed by atoms with Gasteiger partial charge in [-0.1, -0.05) is 60.7 Å². The zero-order valence-corrected chi connectivity index (χ0v) is 21.3. The number of amides is 1. The predicted octanol–water partition coefficient (Wildman–Crippen LogP) is 7.21. The van der Waals surface area contributed by atoms with E-state index in [0.717, 1.165) is 30.2 Å². The van der Waals surface area contributed by atoms with Gasteiger partial charge in [0.2, 0.25) is 0 Å². The largest absolute Gasteiger partial charge is 0.446 e. The molecule has 0 radical (unpaired) electrons. The number of carbonyl (C=O) groups is 1. The van der Waals surface area contributed by atoms with E-state index in [1.165, 1.54) is 48.6 Å². The highest BCUT2D eigenvalue weighted by atomic mass is 16.6. The van der Waals surface area contributed by atoms with Crippen LogP contribution in [0.3, 0.4) is 0 Å². The van der Waals surface area contributed by atoms with Crippen LogP contribution in [0.5, 0.6) is 0 Å². The predicted molar refractivity (Wildman–Crippen MR) is 145 cm³/mol. The van der Waals surface area contributed by atoms with E-state index in [1.807, 2.05) is 6.07 Å². The molecule has 0 saturated heterocycles.